The van der Waals surface area contributed by atoms with Crippen LogP contribution in [0.5, 0.6) is 0 Å². The van der Waals surface area contributed by atoms with Crippen molar-refractivity contribution >= 4 is 11.9 Å². The van der Waals surface area contributed by atoms with Crippen molar-refractivity contribution in [3.05, 3.63) is 35.4 Å². The lowest BCUT2D eigenvalue weighted by Gasteiger charge is -2.33. The number of amides is 1. The number of hydrogen-bond acceptors (Lipinski definition) is 2. The van der Waals surface area contributed by atoms with Crippen molar-refractivity contribution in [1.29, 1.82) is 0 Å². The number of carbonyl (C=O) groups excluding carboxylic acids is 1. The maximum atomic E-state index is 12.3. The summed E-state index contributed by atoms with van der Waals surface area (Å²) in [4.78, 5) is 23.4. The van der Waals surface area contributed by atoms with Gasteiger partial charge in [-0.15, -0.1) is 0 Å². The van der Waals surface area contributed by atoms with Crippen LogP contribution in [-0.2, 0) is 0 Å². The zero-order chi connectivity index (χ0) is 15.6. The molecule has 1 amide bonds. The highest BCUT2D eigenvalue weighted by atomic mass is 16.4. The van der Waals surface area contributed by atoms with Crippen molar-refractivity contribution in [2.75, 3.05) is 0 Å². The van der Waals surface area contributed by atoms with E-state index >= 15 is 0 Å². The first-order valence-corrected chi connectivity index (χ1v) is 6.67. The molecule has 0 atom stereocenters. The summed E-state index contributed by atoms with van der Waals surface area (Å²) in [6.07, 6.45) is 0.793. The maximum absolute atomic E-state index is 12.3. The van der Waals surface area contributed by atoms with Gasteiger partial charge in [0.25, 0.3) is 5.91 Å². The molecule has 110 valence electrons. The van der Waals surface area contributed by atoms with Gasteiger partial charge in [0.05, 0.1) is 11.1 Å². The third-order valence-corrected chi connectivity index (χ3v) is 2.83. The van der Waals surface area contributed by atoms with Gasteiger partial charge < -0.3 is 10.4 Å². The molecule has 1 aromatic carbocycles. The monoisotopic (exact) mass is 277 g/mol. The number of carboxylic acid groups (broad SMARTS) is 1. The highest BCUT2D eigenvalue weighted by Crippen LogP contribution is 2.27. The van der Waals surface area contributed by atoms with Gasteiger partial charge >= 0.3 is 5.97 Å². The van der Waals surface area contributed by atoms with E-state index in [0.717, 1.165) is 6.42 Å². The maximum Gasteiger partial charge on any atom is 0.336 e. The second kappa shape index (κ2) is 5.65. The van der Waals surface area contributed by atoms with E-state index in [1.165, 1.54) is 12.1 Å². The normalized spacial score (nSPS) is 12.1. The summed E-state index contributed by atoms with van der Waals surface area (Å²) in [7, 11) is 0. The van der Waals surface area contributed by atoms with E-state index in [9.17, 15) is 9.59 Å². The Morgan fingerprint density at radius 1 is 1.05 bits per heavy atom. The summed E-state index contributed by atoms with van der Waals surface area (Å²) >= 11 is 0. The first kappa shape index (κ1) is 16.2. The van der Waals surface area contributed by atoms with Crippen LogP contribution >= 0.6 is 0 Å². The SMILES string of the molecule is CC(C)(C)CC(C)(C)NC(=O)c1ccccc1C(=O)O. The van der Waals surface area contributed by atoms with E-state index in [1.54, 1.807) is 12.1 Å². The van der Waals surface area contributed by atoms with Gasteiger partial charge in [-0.1, -0.05) is 32.9 Å². The molecule has 0 bridgehead atoms. The molecule has 20 heavy (non-hydrogen) atoms. The van der Waals surface area contributed by atoms with E-state index in [2.05, 4.69) is 26.1 Å². The molecule has 0 aliphatic carbocycles. The van der Waals surface area contributed by atoms with Gasteiger partial charge in [0.15, 0.2) is 0 Å². The Balaban J connectivity index is 2.95. The van der Waals surface area contributed by atoms with Crippen LogP contribution in [0.15, 0.2) is 24.3 Å². The standard InChI is InChI=1S/C16H23NO3/c1-15(2,3)10-16(4,5)17-13(18)11-8-6-7-9-12(11)14(19)20/h6-9H,10H2,1-5H3,(H,17,18)(H,19,20). The molecule has 0 saturated heterocycles. The van der Waals surface area contributed by atoms with Gasteiger partial charge in [0.1, 0.15) is 0 Å². The van der Waals surface area contributed by atoms with Crippen LogP contribution in [0.3, 0.4) is 0 Å². The average molecular weight is 277 g/mol. The summed E-state index contributed by atoms with van der Waals surface area (Å²) < 4.78 is 0. The molecular formula is C16H23NO3. The van der Waals surface area contributed by atoms with Crippen molar-refractivity contribution in [1.82, 2.24) is 5.32 Å². The van der Waals surface area contributed by atoms with Crippen molar-refractivity contribution in [3.8, 4) is 0 Å². The zero-order valence-corrected chi connectivity index (χ0v) is 12.8. The fourth-order valence-corrected chi connectivity index (χ4v) is 2.61. The van der Waals surface area contributed by atoms with Crippen LogP contribution in [-0.4, -0.2) is 22.5 Å². The van der Waals surface area contributed by atoms with E-state index in [4.69, 9.17) is 5.11 Å². The third-order valence-electron chi connectivity index (χ3n) is 2.83. The number of benzene rings is 1. The van der Waals surface area contributed by atoms with Crippen molar-refractivity contribution in [3.63, 3.8) is 0 Å². The van der Waals surface area contributed by atoms with Gasteiger partial charge in [-0.25, -0.2) is 4.79 Å². The minimum atomic E-state index is -1.09. The van der Waals surface area contributed by atoms with E-state index < -0.39 is 11.5 Å². The van der Waals surface area contributed by atoms with Crippen LogP contribution in [0.25, 0.3) is 0 Å². The number of aromatic carboxylic acids is 1. The quantitative estimate of drug-likeness (QED) is 0.887. The van der Waals surface area contributed by atoms with E-state index in [-0.39, 0.29) is 22.4 Å². The van der Waals surface area contributed by atoms with Crippen LogP contribution in [0, 0.1) is 5.41 Å². The summed E-state index contributed by atoms with van der Waals surface area (Å²) in [5.74, 6) is -1.44. The summed E-state index contributed by atoms with van der Waals surface area (Å²) in [6, 6.07) is 6.25. The summed E-state index contributed by atoms with van der Waals surface area (Å²) in [5.41, 5.74) is -0.108. The molecule has 0 saturated carbocycles. The van der Waals surface area contributed by atoms with Crippen LogP contribution in [0.2, 0.25) is 0 Å². The molecular weight excluding hydrogens is 254 g/mol. The molecule has 4 nitrogen and oxygen atoms in total. The minimum absolute atomic E-state index is 0.0246. The molecule has 4 heteroatoms. The molecule has 0 aliphatic rings. The Labute approximate surface area is 120 Å². The molecule has 0 aliphatic heterocycles. The van der Waals surface area contributed by atoms with Crippen molar-refractivity contribution < 1.29 is 14.7 Å². The van der Waals surface area contributed by atoms with Crippen molar-refractivity contribution in [2.24, 2.45) is 5.41 Å². The number of carboxylic acids is 1. The Morgan fingerprint density at radius 2 is 1.55 bits per heavy atom. The lowest BCUT2D eigenvalue weighted by Crippen LogP contribution is -2.46. The molecule has 0 fully saturated rings. The van der Waals surface area contributed by atoms with E-state index in [0.29, 0.717) is 0 Å². The van der Waals surface area contributed by atoms with Gasteiger partial charge in [-0.2, -0.15) is 0 Å². The van der Waals surface area contributed by atoms with Crippen LogP contribution in [0.1, 0.15) is 61.8 Å². The van der Waals surface area contributed by atoms with Crippen LogP contribution < -0.4 is 5.32 Å². The van der Waals surface area contributed by atoms with Crippen LogP contribution in [0.4, 0.5) is 0 Å². The smallest absolute Gasteiger partial charge is 0.336 e. The molecule has 0 heterocycles. The molecule has 2 N–H and O–H groups in total. The highest BCUT2D eigenvalue weighted by Gasteiger charge is 2.28. The van der Waals surface area contributed by atoms with E-state index in [1.807, 2.05) is 13.8 Å². The lowest BCUT2D eigenvalue weighted by molar-refractivity contribution is 0.0688. The number of carbonyl (C=O) groups is 2. The largest absolute Gasteiger partial charge is 0.478 e. The van der Waals surface area contributed by atoms with Gasteiger partial charge in [0, 0.05) is 5.54 Å². The first-order chi connectivity index (χ1) is 9.02. The molecule has 1 aromatic rings. The Kier molecular flexibility index (Phi) is 4.58. The molecule has 0 aromatic heterocycles. The highest BCUT2D eigenvalue weighted by molar-refractivity contribution is 6.04. The topological polar surface area (TPSA) is 66.4 Å². The number of hydrogen-bond donors (Lipinski definition) is 2. The van der Waals surface area contributed by atoms with Gasteiger partial charge in [-0.3, -0.25) is 4.79 Å². The fraction of sp³-hybridized carbons (Fsp3) is 0.500. The fourth-order valence-electron chi connectivity index (χ4n) is 2.61. The predicted molar refractivity (Wildman–Crippen MR) is 79.0 cm³/mol. The third kappa shape index (κ3) is 4.68. The second-order valence-corrected chi connectivity index (χ2v) is 6.93. The molecule has 0 radical (unpaired) electrons. The minimum Gasteiger partial charge on any atom is -0.478 e. The molecule has 1 rings (SSSR count). The Morgan fingerprint density at radius 3 is 2.00 bits per heavy atom. The summed E-state index contributed by atoms with van der Waals surface area (Å²) in [5, 5.41) is 12.0. The lowest BCUT2D eigenvalue weighted by atomic mass is 9.81. The predicted octanol–water partition coefficient (Wildman–Crippen LogP) is 3.33. The first-order valence-electron chi connectivity index (χ1n) is 6.67. The Bertz CT molecular complexity index is 513. The zero-order valence-electron chi connectivity index (χ0n) is 12.8. The second-order valence-electron chi connectivity index (χ2n) is 6.93. The number of nitrogens with one attached hydrogen (secondary N) is 1. The molecule has 0 unspecified atom stereocenters. The number of rotatable bonds is 4. The van der Waals surface area contributed by atoms with Crippen molar-refractivity contribution in [2.45, 2.75) is 46.6 Å². The van der Waals surface area contributed by atoms with Gasteiger partial charge in [0.2, 0.25) is 0 Å². The Hall–Kier alpha value is -1.84. The summed E-state index contributed by atoms with van der Waals surface area (Å²) in [6.45, 7) is 10.2. The molecule has 0 spiro atoms. The average Bonchev–Trinajstić information content (AvgIpc) is 2.24. The van der Waals surface area contributed by atoms with Gasteiger partial charge in [-0.05, 0) is 37.8 Å².